The van der Waals surface area contributed by atoms with Crippen molar-refractivity contribution in [3.05, 3.63) is 77.2 Å². The molecule has 1 aliphatic heterocycles. The molecular formula is C29H25FNO+. The Morgan fingerprint density at radius 1 is 0.875 bits per heavy atom. The molecule has 158 valence electrons. The van der Waals surface area contributed by atoms with Crippen LogP contribution in [0.3, 0.4) is 0 Å². The van der Waals surface area contributed by atoms with Gasteiger partial charge in [-0.3, -0.25) is 0 Å². The Morgan fingerprint density at radius 3 is 2.44 bits per heavy atom. The lowest BCUT2D eigenvalue weighted by atomic mass is 9.84. The number of rotatable bonds is 1. The Balaban J connectivity index is 1.86. The fraction of sp³-hybridized carbons (Fsp3) is 0.207. The monoisotopic (exact) mass is 422 g/mol. The van der Waals surface area contributed by atoms with Gasteiger partial charge in [0.1, 0.15) is 24.4 Å². The van der Waals surface area contributed by atoms with Crippen LogP contribution in [0.5, 0.6) is 11.5 Å². The van der Waals surface area contributed by atoms with Gasteiger partial charge in [0.05, 0.1) is 10.9 Å². The van der Waals surface area contributed by atoms with E-state index in [1.165, 1.54) is 33.5 Å². The third-order valence-corrected chi connectivity index (χ3v) is 6.90. The molecule has 5 aromatic rings. The molecule has 2 nitrogen and oxygen atoms in total. The number of nitrogens with zero attached hydrogens (tertiary/aromatic N) is 1. The molecule has 0 spiro atoms. The molecule has 3 heteroatoms. The number of aromatic nitrogens is 1. The first-order valence-corrected chi connectivity index (χ1v) is 11.1. The number of pyridine rings is 1. The summed E-state index contributed by atoms with van der Waals surface area (Å²) in [5.41, 5.74) is 6.03. The molecule has 0 saturated heterocycles. The zero-order chi connectivity index (χ0) is 22.3. The summed E-state index contributed by atoms with van der Waals surface area (Å²) in [4.78, 5) is 0. The molecule has 1 aromatic heterocycles. The van der Waals surface area contributed by atoms with Crippen LogP contribution in [-0.2, 0) is 7.05 Å². The molecule has 0 unspecified atom stereocenters. The van der Waals surface area contributed by atoms with E-state index < -0.39 is 0 Å². The fourth-order valence-corrected chi connectivity index (χ4v) is 5.45. The zero-order valence-electron chi connectivity index (χ0n) is 19.0. The highest BCUT2D eigenvalue weighted by Gasteiger charge is 2.34. The Bertz CT molecular complexity index is 1610. The van der Waals surface area contributed by atoms with Gasteiger partial charge in [0.2, 0.25) is 5.69 Å². The van der Waals surface area contributed by atoms with Crippen molar-refractivity contribution < 1.29 is 13.7 Å². The van der Waals surface area contributed by atoms with Crippen LogP contribution < -0.4 is 9.30 Å². The number of aryl methyl sites for hydroxylation is 3. The number of hydrogen-bond donors (Lipinski definition) is 0. The van der Waals surface area contributed by atoms with Crippen LogP contribution in [-0.4, -0.2) is 0 Å². The van der Waals surface area contributed by atoms with E-state index in [9.17, 15) is 4.39 Å². The lowest BCUT2D eigenvalue weighted by Crippen LogP contribution is -2.32. The summed E-state index contributed by atoms with van der Waals surface area (Å²) in [6, 6.07) is 15.8. The zero-order valence-corrected chi connectivity index (χ0v) is 19.0. The molecule has 0 N–H and O–H groups in total. The lowest BCUT2D eigenvalue weighted by molar-refractivity contribution is -0.659. The van der Waals surface area contributed by atoms with Gasteiger partial charge in [0, 0.05) is 17.0 Å². The van der Waals surface area contributed by atoms with Crippen molar-refractivity contribution in [3.8, 4) is 22.8 Å². The molecule has 2 heterocycles. The maximum Gasteiger partial charge on any atom is 0.228 e. The average molecular weight is 423 g/mol. The maximum atomic E-state index is 14.1. The second-order valence-electron chi connectivity index (χ2n) is 9.35. The third kappa shape index (κ3) is 2.48. The summed E-state index contributed by atoms with van der Waals surface area (Å²) in [5, 5.41) is 6.59. The van der Waals surface area contributed by atoms with Gasteiger partial charge in [-0.25, -0.2) is 8.96 Å². The maximum absolute atomic E-state index is 14.1. The van der Waals surface area contributed by atoms with E-state index in [0.29, 0.717) is 5.92 Å². The first-order chi connectivity index (χ1) is 15.3. The summed E-state index contributed by atoms with van der Waals surface area (Å²) in [5.74, 6) is 1.78. The first-order valence-electron chi connectivity index (χ1n) is 11.1. The number of benzene rings is 4. The highest BCUT2D eigenvalue weighted by molar-refractivity contribution is 6.16. The van der Waals surface area contributed by atoms with E-state index in [1.54, 1.807) is 6.07 Å². The Labute approximate surface area is 186 Å². The molecule has 0 atom stereocenters. The molecule has 0 saturated carbocycles. The van der Waals surface area contributed by atoms with E-state index in [0.717, 1.165) is 44.3 Å². The largest absolute Gasteiger partial charge is 0.455 e. The minimum atomic E-state index is -0.234. The van der Waals surface area contributed by atoms with Crippen molar-refractivity contribution >= 4 is 32.3 Å². The number of hydrogen-bond acceptors (Lipinski definition) is 1. The number of ether oxygens (including phenoxy) is 1. The second kappa shape index (κ2) is 6.52. The fourth-order valence-electron chi connectivity index (χ4n) is 5.45. The van der Waals surface area contributed by atoms with Gasteiger partial charge in [0.25, 0.3) is 0 Å². The Hall–Kier alpha value is -3.46. The van der Waals surface area contributed by atoms with Crippen molar-refractivity contribution in [2.24, 2.45) is 7.05 Å². The molecule has 4 aromatic carbocycles. The highest BCUT2D eigenvalue weighted by Crippen LogP contribution is 2.53. The van der Waals surface area contributed by atoms with E-state index in [2.05, 4.69) is 69.8 Å². The van der Waals surface area contributed by atoms with Crippen LogP contribution in [0.25, 0.3) is 43.6 Å². The van der Waals surface area contributed by atoms with Gasteiger partial charge in [-0.15, -0.1) is 0 Å². The van der Waals surface area contributed by atoms with Crippen molar-refractivity contribution in [3.63, 3.8) is 0 Å². The number of halogens is 1. The average Bonchev–Trinajstić information content (AvgIpc) is 2.75. The van der Waals surface area contributed by atoms with Crippen molar-refractivity contribution in [1.29, 1.82) is 0 Å². The van der Waals surface area contributed by atoms with Crippen molar-refractivity contribution in [1.82, 2.24) is 0 Å². The first kappa shape index (κ1) is 19.2. The quantitative estimate of drug-likeness (QED) is 0.196. The molecular weight excluding hydrogens is 397 g/mol. The smallest absolute Gasteiger partial charge is 0.228 e. The SMILES string of the molecule is Cc1ccc2c(C(C)C)c3c(c(C)c2c1)-c1c2c(cc4cc(F)ccc4c2cc[n+]1C)O3. The molecule has 6 rings (SSSR count). The minimum Gasteiger partial charge on any atom is -0.455 e. The van der Waals surface area contributed by atoms with E-state index in [4.69, 9.17) is 4.74 Å². The van der Waals surface area contributed by atoms with Crippen LogP contribution in [0.15, 0.2) is 54.7 Å². The van der Waals surface area contributed by atoms with Crippen molar-refractivity contribution in [2.75, 3.05) is 0 Å². The van der Waals surface area contributed by atoms with E-state index >= 15 is 0 Å². The van der Waals surface area contributed by atoms with Gasteiger partial charge in [0.15, 0.2) is 6.20 Å². The predicted octanol–water partition coefficient (Wildman–Crippen LogP) is 7.62. The van der Waals surface area contributed by atoms with Crippen LogP contribution in [0.2, 0.25) is 0 Å². The summed E-state index contributed by atoms with van der Waals surface area (Å²) < 4.78 is 23.0. The molecule has 0 bridgehead atoms. The van der Waals surface area contributed by atoms with E-state index in [-0.39, 0.29) is 5.82 Å². The summed E-state index contributed by atoms with van der Waals surface area (Å²) >= 11 is 0. The second-order valence-corrected chi connectivity index (χ2v) is 9.35. The van der Waals surface area contributed by atoms with Gasteiger partial charge in [-0.05, 0) is 65.1 Å². The van der Waals surface area contributed by atoms with Gasteiger partial charge < -0.3 is 4.74 Å². The van der Waals surface area contributed by atoms with Crippen molar-refractivity contribution in [2.45, 2.75) is 33.6 Å². The minimum absolute atomic E-state index is 0.234. The Morgan fingerprint density at radius 2 is 1.66 bits per heavy atom. The molecule has 0 fully saturated rings. The normalized spacial score (nSPS) is 12.6. The van der Waals surface area contributed by atoms with Crippen LogP contribution >= 0.6 is 0 Å². The standard InChI is InChI=1S/C29H25FNO/c1-15(2)25-21-8-6-16(3)12-23(21)17(4)26-28-27-22(10-11-31(28)5)20-9-7-19(30)13-18(20)14-24(27)32-29(25)26/h6-15H,1-5H3/q+1. The van der Waals surface area contributed by atoms with E-state index in [1.807, 2.05) is 12.1 Å². The van der Waals surface area contributed by atoms with Gasteiger partial charge in [-0.2, -0.15) is 0 Å². The van der Waals surface area contributed by atoms with Crippen LogP contribution in [0.4, 0.5) is 4.39 Å². The molecule has 1 aliphatic rings. The number of fused-ring (bicyclic) bond motifs is 5. The topological polar surface area (TPSA) is 13.1 Å². The third-order valence-electron chi connectivity index (χ3n) is 6.90. The Kier molecular flexibility index (Phi) is 3.92. The summed E-state index contributed by atoms with van der Waals surface area (Å²) in [7, 11) is 2.09. The lowest BCUT2D eigenvalue weighted by Gasteiger charge is -2.27. The molecule has 0 amide bonds. The summed E-state index contributed by atoms with van der Waals surface area (Å²) in [6.07, 6.45) is 2.11. The highest BCUT2D eigenvalue weighted by atomic mass is 19.1. The molecule has 0 radical (unpaired) electrons. The van der Waals surface area contributed by atoms with Gasteiger partial charge >= 0.3 is 0 Å². The molecule has 0 aliphatic carbocycles. The predicted molar refractivity (Wildman–Crippen MR) is 129 cm³/mol. The van der Waals surface area contributed by atoms with Crippen LogP contribution in [0, 0.1) is 19.7 Å². The summed E-state index contributed by atoms with van der Waals surface area (Å²) in [6.45, 7) is 8.79. The van der Waals surface area contributed by atoms with Gasteiger partial charge in [-0.1, -0.05) is 43.7 Å². The van der Waals surface area contributed by atoms with Crippen LogP contribution in [0.1, 0.15) is 36.5 Å². The molecule has 32 heavy (non-hydrogen) atoms.